The summed E-state index contributed by atoms with van der Waals surface area (Å²) in [4.78, 5) is 14.0. The van der Waals surface area contributed by atoms with Gasteiger partial charge in [0.2, 0.25) is 5.91 Å². The van der Waals surface area contributed by atoms with Crippen molar-refractivity contribution in [2.75, 3.05) is 13.6 Å². The number of nitrogens with two attached hydrogens (primary N) is 1. The van der Waals surface area contributed by atoms with Crippen molar-refractivity contribution >= 4 is 5.91 Å². The van der Waals surface area contributed by atoms with Gasteiger partial charge < -0.3 is 15.7 Å². The van der Waals surface area contributed by atoms with Gasteiger partial charge in [-0.25, -0.2) is 0 Å². The Hall–Kier alpha value is -0.610. The second-order valence-corrected chi connectivity index (χ2v) is 5.45. The summed E-state index contributed by atoms with van der Waals surface area (Å²) in [5, 5.41) is 9.96. The highest BCUT2D eigenvalue weighted by Crippen LogP contribution is 2.24. The van der Waals surface area contributed by atoms with Gasteiger partial charge in [0.25, 0.3) is 0 Å². The van der Waals surface area contributed by atoms with Crippen LogP contribution in [0.15, 0.2) is 0 Å². The molecule has 1 rings (SSSR count). The fourth-order valence-corrected chi connectivity index (χ4v) is 2.63. The third kappa shape index (κ3) is 3.42. The average Bonchev–Trinajstić information content (AvgIpc) is 2.29. The van der Waals surface area contributed by atoms with E-state index < -0.39 is 0 Å². The summed E-state index contributed by atoms with van der Waals surface area (Å²) in [6, 6.07) is -0.0240. The lowest BCUT2D eigenvalue weighted by atomic mass is 9.89. The van der Waals surface area contributed by atoms with Crippen LogP contribution < -0.4 is 5.73 Å². The van der Waals surface area contributed by atoms with E-state index in [1.54, 1.807) is 11.9 Å². The number of carbonyl (C=O) groups excluding carboxylic acids is 1. The molecule has 3 unspecified atom stereocenters. The van der Waals surface area contributed by atoms with E-state index in [2.05, 4.69) is 0 Å². The van der Waals surface area contributed by atoms with Crippen LogP contribution in [0, 0.1) is 11.8 Å². The van der Waals surface area contributed by atoms with E-state index in [0.29, 0.717) is 6.54 Å². The van der Waals surface area contributed by atoms with Gasteiger partial charge >= 0.3 is 0 Å². The van der Waals surface area contributed by atoms with E-state index in [-0.39, 0.29) is 29.9 Å². The number of hydrogen-bond donors (Lipinski definition) is 2. The lowest BCUT2D eigenvalue weighted by Gasteiger charge is -2.37. The van der Waals surface area contributed by atoms with E-state index in [0.717, 1.165) is 25.7 Å². The maximum absolute atomic E-state index is 12.3. The zero-order valence-corrected chi connectivity index (χ0v) is 11.2. The standard InChI is InChI=1S/C13H26N2O2/c1-9(2)10(8-14)13(17)15(3)11-6-4-5-7-12(11)16/h9-12,16H,4-8,14H2,1-3H3. The summed E-state index contributed by atoms with van der Waals surface area (Å²) in [5.74, 6) is 0.193. The Balaban J connectivity index is 2.67. The summed E-state index contributed by atoms with van der Waals surface area (Å²) in [7, 11) is 1.80. The molecule has 4 nitrogen and oxygen atoms in total. The molecule has 3 atom stereocenters. The number of aliphatic hydroxyl groups excluding tert-OH is 1. The van der Waals surface area contributed by atoms with E-state index in [9.17, 15) is 9.90 Å². The first-order chi connectivity index (χ1) is 7.99. The minimum atomic E-state index is -0.372. The third-order valence-electron chi connectivity index (χ3n) is 3.91. The molecule has 0 aromatic heterocycles. The van der Waals surface area contributed by atoms with Gasteiger partial charge in [0, 0.05) is 13.6 Å². The van der Waals surface area contributed by atoms with Crippen LogP contribution in [0.2, 0.25) is 0 Å². The molecule has 4 heteroatoms. The van der Waals surface area contributed by atoms with E-state index in [1.165, 1.54) is 0 Å². The topological polar surface area (TPSA) is 66.6 Å². The number of carbonyl (C=O) groups is 1. The van der Waals surface area contributed by atoms with Gasteiger partial charge in [-0.3, -0.25) is 4.79 Å². The Morgan fingerprint density at radius 1 is 1.41 bits per heavy atom. The van der Waals surface area contributed by atoms with Crippen molar-refractivity contribution in [3.63, 3.8) is 0 Å². The molecule has 0 saturated heterocycles. The highest BCUT2D eigenvalue weighted by Gasteiger charge is 2.33. The van der Waals surface area contributed by atoms with Crippen LogP contribution in [-0.4, -0.2) is 41.7 Å². The number of rotatable bonds is 4. The van der Waals surface area contributed by atoms with Gasteiger partial charge in [-0.05, 0) is 18.8 Å². The average molecular weight is 242 g/mol. The van der Waals surface area contributed by atoms with Gasteiger partial charge in [-0.1, -0.05) is 26.7 Å². The van der Waals surface area contributed by atoms with Crippen molar-refractivity contribution in [2.45, 2.75) is 51.7 Å². The lowest BCUT2D eigenvalue weighted by molar-refractivity contribution is -0.140. The minimum absolute atomic E-state index is 0.0240. The molecule has 0 heterocycles. The van der Waals surface area contributed by atoms with Crippen molar-refractivity contribution in [3.05, 3.63) is 0 Å². The summed E-state index contributed by atoms with van der Waals surface area (Å²) in [6.45, 7) is 4.41. The number of hydrogen-bond acceptors (Lipinski definition) is 3. The summed E-state index contributed by atoms with van der Waals surface area (Å²) >= 11 is 0. The van der Waals surface area contributed by atoms with Crippen molar-refractivity contribution in [3.8, 4) is 0 Å². The molecular formula is C13H26N2O2. The molecule has 0 aromatic rings. The van der Waals surface area contributed by atoms with Crippen molar-refractivity contribution in [2.24, 2.45) is 17.6 Å². The van der Waals surface area contributed by atoms with Crippen molar-refractivity contribution in [1.82, 2.24) is 4.90 Å². The summed E-state index contributed by atoms with van der Waals surface area (Å²) < 4.78 is 0. The Kier molecular flexibility index (Phi) is 5.40. The number of aliphatic hydroxyl groups is 1. The van der Waals surface area contributed by atoms with E-state index in [4.69, 9.17) is 5.73 Å². The van der Waals surface area contributed by atoms with Crippen LogP contribution >= 0.6 is 0 Å². The summed E-state index contributed by atoms with van der Waals surface area (Å²) in [5.41, 5.74) is 5.67. The highest BCUT2D eigenvalue weighted by atomic mass is 16.3. The predicted octanol–water partition coefficient (Wildman–Crippen LogP) is 0.979. The van der Waals surface area contributed by atoms with E-state index >= 15 is 0 Å². The van der Waals surface area contributed by atoms with Gasteiger partial charge in [0.15, 0.2) is 0 Å². The molecule has 3 N–H and O–H groups in total. The molecule has 17 heavy (non-hydrogen) atoms. The Morgan fingerprint density at radius 3 is 2.47 bits per heavy atom. The fourth-order valence-electron chi connectivity index (χ4n) is 2.63. The van der Waals surface area contributed by atoms with Crippen molar-refractivity contribution < 1.29 is 9.90 Å². The minimum Gasteiger partial charge on any atom is -0.391 e. The van der Waals surface area contributed by atoms with Crippen LogP contribution in [0.3, 0.4) is 0 Å². The molecule has 0 spiro atoms. The smallest absolute Gasteiger partial charge is 0.227 e. The van der Waals surface area contributed by atoms with Gasteiger partial charge in [-0.15, -0.1) is 0 Å². The first-order valence-electron chi connectivity index (χ1n) is 6.63. The first kappa shape index (κ1) is 14.5. The molecule has 0 bridgehead atoms. The normalized spacial score (nSPS) is 26.9. The highest BCUT2D eigenvalue weighted by molar-refractivity contribution is 5.79. The third-order valence-corrected chi connectivity index (χ3v) is 3.91. The molecule has 100 valence electrons. The second kappa shape index (κ2) is 6.36. The molecule has 1 saturated carbocycles. The maximum atomic E-state index is 12.3. The number of likely N-dealkylation sites (N-methyl/N-ethyl adjacent to an activating group) is 1. The van der Waals surface area contributed by atoms with Crippen LogP contribution in [0.4, 0.5) is 0 Å². The van der Waals surface area contributed by atoms with Gasteiger partial charge in [0.05, 0.1) is 18.1 Å². The molecule has 1 aliphatic rings. The van der Waals surface area contributed by atoms with E-state index in [1.807, 2.05) is 13.8 Å². The van der Waals surface area contributed by atoms with Crippen LogP contribution in [0.1, 0.15) is 39.5 Å². The van der Waals surface area contributed by atoms with Crippen LogP contribution in [-0.2, 0) is 4.79 Å². The van der Waals surface area contributed by atoms with Crippen LogP contribution in [0.5, 0.6) is 0 Å². The zero-order valence-electron chi connectivity index (χ0n) is 11.2. The molecule has 1 aliphatic carbocycles. The Labute approximate surface area is 104 Å². The predicted molar refractivity (Wildman–Crippen MR) is 68.4 cm³/mol. The second-order valence-electron chi connectivity index (χ2n) is 5.45. The van der Waals surface area contributed by atoms with Gasteiger partial charge in [0.1, 0.15) is 0 Å². The lowest BCUT2D eigenvalue weighted by Crippen LogP contribution is -2.50. The number of amides is 1. The molecule has 1 fully saturated rings. The number of nitrogens with zero attached hydrogens (tertiary/aromatic N) is 1. The van der Waals surface area contributed by atoms with Crippen LogP contribution in [0.25, 0.3) is 0 Å². The Bertz CT molecular complexity index is 256. The molecule has 0 aromatic carbocycles. The van der Waals surface area contributed by atoms with Gasteiger partial charge in [-0.2, -0.15) is 0 Å². The first-order valence-corrected chi connectivity index (χ1v) is 6.63. The fraction of sp³-hybridized carbons (Fsp3) is 0.923. The SMILES string of the molecule is CC(C)C(CN)C(=O)N(C)C1CCCCC1O. The zero-order chi connectivity index (χ0) is 13.0. The summed E-state index contributed by atoms with van der Waals surface area (Å²) in [6.07, 6.45) is 3.48. The maximum Gasteiger partial charge on any atom is 0.227 e. The largest absolute Gasteiger partial charge is 0.391 e. The molecular weight excluding hydrogens is 216 g/mol. The molecule has 0 aliphatic heterocycles. The molecule has 1 amide bonds. The quantitative estimate of drug-likeness (QED) is 0.772. The van der Waals surface area contributed by atoms with Crippen molar-refractivity contribution in [1.29, 1.82) is 0 Å². The monoisotopic (exact) mass is 242 g/mol. The molecule has 0 radical (unpaired) electrons. The Morgan fingerprint density at radius 2 is 2.00 bits per heavy atom.